The van der Waals surface area contributed by atoms with E-state index in [9.17, 15) is 17.6 Å². The number of aliphatic carboxylic acids is 1. The van der Waals surface area contributed by atoms with Crippen LogP contribution in [0.5, 0.6) is 0 Å². The summed E-state index contributed by atoms with van der Waals surface area (Å²) in [5.41, 5.74) is 2.34. The summed E-state index contributed by atoms with van der Waals surface area (Å²) in [6, 6.07) is 17.1. The Labute approximate surface area is 199 Å². The van der Waals surface area contributed by atoms with Gasteiger partial charge in [-0.3, -0.25) is 4.79 Å². The molecular formula is C25H28FN3O4S. The number of halogens is 1. The third kappa shape index (κ3) is 6.61. The molecular weight excluding hydrogens is 457 g/mol. The maximum absolute atomic E-state index is 14.3. The van der Waals surface area contributed by atoms with Crippen molar-refractivity contribution in [3.63, 3.8) is 0 Å². The molecule has 0 radical (unpaired) electrons. The van der Waals surface area contributed by atoms with E-state index < -0.39 is 32.7 Å². The van der Waals surface area contributed by atoms with E-state index in [0.717, 1.165) is 17.2 Å². The van der Waals surface area contributed by atoms with Crippen LogP contribution < -0.4 is 10.0 Å². The van der Waals surface area contributed by atoms with Crippen molar-refractivity contribution in [2.24, 2.45) is 0 Å². The third-order valence-electron chi connectivity index (χ3n) is 5.23. The number of nitrogens with one attached hydrogen (secondary N) is 2. The van der Waals surface area contributed by atoms with Crippen LogP contribution in [-0.2, 0) is 26.7 Å². The molecule has 1 unspecified atom stereocenters. The molecule has 180 valence electrons. The molecule has 1 heterocycles. The molecule has 2 aromatic carbocycles. The van der Waals surface area contributed by atoms with Crippen LogP contribution >= 0.6 is 0 Å². The van der Waals surface area contributed by atoms with Gasteiger partial charge in [0.05, 0.1) is 11.7 Å². The van der Waals surface area contributed by atoms with Crippen molar-refractivity contribution >= 4 is 21.8 Å². The minimum atomic E-state index is -4.21. The topological polar surface area (TPSA) is 108 Å². The molecule has 34 heavy (non-hydrogen) atoms. The Morgan fingerprint density at radius 3 is 2.32 bits per heavy atom. The lowest BCUT2D eigenvalue weighted by Crippen LogP contribution is -2.31. The SMILES string of the molecule is CC(C)(C)c1ccc(CC(NS(=O)(=O)c2ccccc2F)c2cccc(NCC(=O)O)n2)cc1. The largest absolute Gasteiger partial charge is 0.480 e. The van der Waals surface area contributed by atoms with Gasteiger partial charge in [-0.25, -0.2) is 22.5 Å². The summed E-state index contributed by atoms with van der Waals surface area (Å²) in [6.07, 6.45) is 0.257. The number of benzene rings is 2. The molecule has 0 saturated carbocycles. The molecule has 7 nitrogen and oxygen atoms in total. The Bertz CT molecular complexity index is 1260. The fourth-order valence-electron chi connectivity index (χ4n) is 3.41. The maximum Gasteiger partial charge on any atom is 0.322 e. The van der Waals surface area contributed by atoms with Crippen molar-refractivity contribution in [1.82, 2.24) is 9.71 Å². The lowest BCUT2D eigenvalue weighted by Gasteiger charge is -2.21. The van der Waals surface area contributed by atoms with Crippen molar-refractivity contribution in [3.8, 4) is 0 Å². The van der Waals surface area contributed by atoms with E-state index in [2.05, 4.69) is 35.8 Å². The fraction of sp³-hybridized carbons (Fsp3) is 0.280. The quantitative estimate of drug-likeness (QED) is 0.418. The second-order valence-corrected chi connectivity index (χ2v) is 10.6. The van der Waals surface area contributed by atoms with Crippen LogP contribution in [0.15, 0.2) is 71.6 Å². The summed E-state index contributed by atoms with van der Waals surface area (Å²) in [5, 5.41) is 11.6. The molecule has 0 aliphatic heterocycles. The standard InChI is InChI=1S/C25H28FN3O4S/c1-25(2,3)18-13-11-17(12-14-18)15-21(20-8-6-10-23(28-20)27-16-24(30)31)29-34(32,33)22-9-5-4-7-19(22)26/h4-14,21,29H,15-16H2,1-3H3,(H,27,28)(H,30,31). The molecule has 0 aliphatic rings. The van der Waals surface area contributed by atoms with Gasteiger partial charge in [0.15, 0.2) is 0 Å². The molecule has 3 aromatic rings. The molecule has 3 rings (SSSR count). The van der Waals surface area contributed by atoms with Gasteiger partial charge in [0.25, 0.3) is 0 Å². The smallest absolute Gasteiger partial charge is 0.322 e. The Kier molecular flexibility index (Phi) is 7.68. The Morgan fingerprint density at radius 2 is 1.71 bits per heavy atom. The number of rotatable bonds is 9. The van der Waals surface area contributed by atoms with E-state index in [1.54, 1.807) is 18.2 Å². The van der Waals surface area contributed by atoms with Gasteiger partial charge in [0, 0.05) is 0 Å². The average Bonchev–Trinajstić information content (AvgIpc) is 2.77. The van der Waals surface area contributed by atoms with Crippen molar-refractivity contribution in [1.29, 1.82) is 0 Å². The number of hydrogen-bond donors (Lipinski definition) is 3. The number of sulfonamides is 1. The van der Waals surface area contributed by atoms with E-state index in [1.165, 1.54) is 18.2 Å². The molecule has 0 fully saturated rings. The zero-order valence-electron chi connectivity index (χ0n) is 19.2. The molecule has 0 bridgehead atoms. The lowest BCUT2D eigenvalue weighted by molar-refractivity contribution is -0.134. The Hall–Kier alpha value is -3.30. The number of carbonyl (C=O) groups is 1. The summed E-state index contributed by atoms with van der Waals surface area (Å²) in [4.78, 5) is 14.8. The van der Waals surface area contributed by atoms with Crippen molar-refractivity contribution in [3.05, 3.63) is 89.4 Å². The number of carboxylic acid groups (broad SMARTS) is 1. The molecule has 0 spiro atoms. The van der Waals surface area contributed by atoms with Crippen LogP contribution in [0.2, 0.25) is 0 Å². The molecule has 0 aliphatic carbocycles. The van der Waals surface area contributed by atoms with E-state index in [4.69, 9.17) is 5.11 Å². The maximum atomic E-state index is 14.3. The predicted octanol–water partition coefficient (Wildman–Crippen LogP) is 4.28. The molecule has 1 aromatic heterocycles. The molecule has 3 N–H and O–H groups in total. The van der Waals surface area contributed by atoms with Crippen molar-refractivity contribution in [2.75, 3.05) is 11.9 Å². The van der Waals surface area contributed by atoms with Crippen LogP contribution in [0, 0.1) is 5.82 Å². The molecule has 0 amide bonds. The minimum absolute atomic E-state index is 0.0317. The predicted molar refractivity (Wildman–Crippen MR) is 129 cm³/mol. The highest BCUT2D eigenvalue weighted by atomic mass is 32.2. The highest BCUT2D eigenvalue weighted by molar-refractivity contribution is 7.89. The van der Waals surface area contributed by atoms with Crippen LogP contribution in [0.1, 0.15) is 43.6 Å². The fourth-order valence-corrected chi connectivity index (χ4v) is 4.69. The number of pyridine rings is 1. The summed E-state index contributed by atoms with van der Waals surface area (Å²) in [6.45, 7) is 5.98. The third-order valence-corrected chi connectivity index (χ3v) is 6.74. The number of nitrogens with zero attached hydrogens (tertiary/aromatic N) is 1. The average molecular weight is 486 g/mol. The van der Waals surface area contributed by atoms with E-state index >= 15 is 0 Å². The molecule has 1 atom stereocenters. The number of hydrogen-bond acceptors (Lipinski definition) is 5. The second kappa shape index (κ2) is 10.3. The summed E-state index contributed by atoms with van der Waals surface area (Å²) < 4.78 is 42.9. The number of anilines is 1. The summed E-state index contributed by atoms with van der Waals surface area (Å²) in [5.74, 6) is -1.62. The van der Waals surface area contributed by atoms with Crippen molar-refractivity contribution < 1.29 is 22.7 Å². The van der Waals surface area contributed by atoms with Crippen LogP contribution in [0.25, 0.3) is 0 Å². The van der Waals surface area contributed by atoms with Crippen molar-refractivity contribution in [2.45, 2.75) is 43.5 Å². The van der Waals surface area contributed by atoms with Gasteiger partial charge in [0.1, 0.15) is 23.1 Å². The van der Waals surface area contributed by atoms with Gasteiger partial charge in [-0.2, -0.15) is 0 Å². The monoisotopic (exact) mass is 485 g/mol. The van der Waals surface area contributed by atoms with Crippen LogP contribution in [0.3, 0.4) is 0 Å². The zero-order chi connectivity index (χ0) is 24.9. The van der Waals surface area contributed by atoms with Gasteiger partial charge in [0.2, 0.25) is 10.0 Å². The normalized spacial score (nSPS) is 12.8. The zero-order valence-corrected chi connectivity index (χ0v) is 20.1. The minimum Gasteiger partial charge on any atom is -0.480 e. The van der Waals surface area contributed by atoms with Crippen LogP contribution in [0.4, 0.5) is 10.2 Å². The summed E-state index contributed by atoms with van der Waals surface area (Å²) in [7, 11) is -4.21. The highest BCUT2D eigenvalue weighted by Crippen LogP contribution is 2.26. The van der Waals surface area contributed by atoms with E-state index in [-0.39, 0.29) is 24.2 Å². The second-order valence-electron chi connectivity index (χ2n) is 8.95. The number of aromatic nitrogens is 1. The summed E-state index contributed by atoms with van der Waals surface area (Å²) >= 11 is 0. The highest BCUT2D eigenvalue weighted by Gasteiger charge is 2.25. The van der Waals surface area contributed by atoms with Crippen LogP contribution in [-0.4, -0.2) is 31.0 Å². The van der Waals surface area contributed by atoms with Gasteiger partial charge in [-0.1, -0.05) is 63.2 Å². The first kappa shape index (κ1) is 25.3. The van der Waals surface area contributed by atoms with Gasteiger partial charge in [-0.05, 0) is 47.2 Å². The first-order chi connectivity index (χ1) is 16.0. The molecule has 9 heteroatoms. The lowest BCUT2D eigenvalue weighted by atomic mass is 9.86. The van der Waals surface area contributed by atoms with E-state index in [0.29, 0.717) is 5.69 Å². The first-order valence-corrected chi connectivity index (χ1v) is 12.2. The Balaban J connectivity index is 1.96. The Morgan fingerprint density at radius 1 is 1.03 bits per heavy atom. The molecule has 0 saturated heterocycles. The number of carboxylic acids is 1. The van der Waals surface area contributed by atoms with Gasteiger partial charge < -0.3 is 10.4 Å². The van der Waals surface area contributed by atoms with E-state index in [1.807, 2.05) is 24.3 Å². The first-order valence-electron chi connectivity index (χ1n) is 10.7. The van der Waals surface area contributed by atoms with Gasteiger partial charge >= 0.3 is 5.97 Å². The van der Waals surface area contributed by atoms with Gasteiger partial charge in [-0.15, -0.1) is 0 Å².